The number of anilines is 1. The molecule has 0 saturated heterocycles. The molecule has 2 aromatic rings. The van der Waals surface area contributed by atoms with Crippen molar-refractivity contribution in [1.29, 1.82) is 0 Å². The van der Waals surface area contributed by atoms with E-state index < -0.39 is 0 Å². The quantitative estimate of drug-likeness (QED) is 0.838. The lowest BCUT2D eigenvalue weighted by molar-refractivity contribution is -0.115. The molecule has 0 aliphatic rings. The van der Waals surface area contributed by atoms with E-state index in [-0.39, 0.29) is 11.7 Å². The lowest BCUT2D eigenvalue weighted by Gasteiger charge is -2.11. The van der Waals surface area contributed by atoms with Gasteiger partial charge < -0.3 is 5.32 Å². The average molecular weight is 322 g/mol. The first kappa shape index (κ1) is 15.5. The first-order valence-corrected chi connectivity index (χ1v) is 7.17. The average Bonchev–Trinajstić information content (AvgIpc) is 2.48. The number of ketones is 1. The van der Waals surface area contributed by atoms with Crippen molar-refractivity contribution in [2.45, 2.75) is 13.3 Å². The summed E-state index contributed by atoms with van der Waals surface area (Å²) in [5.41, 5.74) is 1.11. The summed E-state index contributed by atoms with van der Waals surface area (Å²) in [6.07, 6.45) is 0.322. The number of hydrogen-bond acceptors (Lipinski definition) is 2. The third-order valence-electron chi connectivity index (χ3n) is 2.94. The Morgan fingerprint density at radius 1 is 1.05 bits per heavy atom. The van der Waals surface area contributed by atoms with Crippen molar-refractivity contribution < 1.29 is 9.59 Å². The van der Waals surface area contributed by atoms with Crippen LogP contribution in [-0.2, 0) is 4.79 Å². The molecule has 0 heterocycles. The molecular formula is C16H13Cl2NO2. The minimum absolute atomic E-state index is 0.175. The zero-order valence-electron chi connectivity index (χ0n) is 11.3. The molecule has 1 N–H and O–H groups in total. The van der Waals surface area contributed by atoms with Gasteiger partial charge in [0.05, 0.1) is 10.7 Å². The number of nitrogens with one attached hydrogen (secondary N) is 1. The number of amides is 1. The van der Waals surface area contributed by atoms with Crippen LogP contribution in [0.2, 0.25) is 10.0 Å². The van der Waals surface area contributed by atoms with E-state index >= 15 is 0 Å². The van der Waals surface area contributed by atoms with Crippen LogP contribution in [0.5, 0.6) is 0 Å². The van der Waals surface area contributed by atoms with Gasteiger partial charge in [-0.05, 0) is 30.3 Å². The highest BCUT2D eigenvalue weighted by atomic mass is 35.5. The molecule has 2 aromatic carbocycles. The molecule has 0 saturated carbocycles. The van der Waals surface area contributed by atoms with Crippen molar-refractivity contribution in [3.63, 3.8) is 0 Å². The highest BCUT2D eigenvalue weighted by molar-refractivity contribution is 6.36. The summed E-state index contributed by atoms with van der Waals surface area (Å²) >= 11 is 12.0. The lowest BCUT2D eigenvalue weighted by atomic mass is 10.0. The Bertz CT molecular complexity index is 698. The summed E-state index contributed by atoms with van der Waals surface area (Å²) in [6, 6.07) is 11.5. The van der Waals surface area contributed by atoms with Crippen molar-refractivity contribution >= 4 is 40.6 Å². The maximum Gasteiger partial charge on any atom is 0.224 e. The van der Waals surface area contributed by atoms with Crippen molar-refractivity contribution in [3.05, 3.63) is 63.6 Å². The van der Waals surface area contributed by atoms with Crippen molar-refractivity contribution in [2.24, 2.45) is 0 Å². The molecule has 0 aliphatic carbocycles. The van der Waals surface area contributed by atoms with Crippen LogP contribution in [0.4, 0.5) is 5.69 Å². The molecule has 0 radical (unpaired) electrons. The molecule has 0 bridgehead atoms. The molecule has 3 nitrogen and oxygen atoms in total. The van der Waals surface area contributed by atoms with Gasteiger partial charge in [-0.3, -0.25) is 9.59 Å². The van der Waals surface area contributed by atoms with Gasteiger partial charge in [-0.15, -0.1) is 0 Å². The van der Waals surface area contributed by atoms with Gasteiger partial charge in [-0.2, -0.15) is 0 Å². The van der Waals surface area contributed by atoms with Gasteiger partial charge in [-0.1, -0.05) is 42.3 Å². The number of rotatable bonds is 4. The largest absolute Gasteiger partial charge is 0.325 e. The minimum Gasteiger partial charge on any atom is -0.325 e. The summed E-state index contributed by atoms with van der Waals surface area (Å²) in [4.78, 5) is 24.2. The third kappa shape index (κ3) is 3.63. The van der Waals surface area contributed by atoms with Crippen LogP contribution < -0.4 is 5.32 Å². The fraction of sp³-hybridized carbons (Fsp3) is 0.125. The second kappa shape index (κ2) is 6.74. The number of benzene rings is 2. The molecule has 0 aliphatic heterocycles. The summed E-state index contributed by atoms with van der Waals surface area (Å²) in [6.45, 7) is 1.74. The van der Waals surface area contributed by atoms with E-state index in [1.807, 2.05) is 0 Å². The van der Waals surface area contributed by atoms with Crippen LogP contribution in [0.1, 0.15) is 29.3 Å². The van der Waals surface area contributed by atoms with E-state index in [4.69, 9.17) is 23.2 Å². The van der Waals surface area contributed by atoms with Gasteiger partial charge >= 0.3 is 0 Å². The molecule has 0 fully saturated rings. The van der Waals surface area contributed by atoms with Crippen molar-refractivity contribution in [1.82, 2.24) is 0 Å². The number of hydrogen-bond donors (Lipinski definition) is 1. The highest BCUT2D eigenvalue weighted by Crippen LogP contribution is 2.26. The molecular weight excluding hydrogens is 309 g/mol. The summed E-state index contributed by atoms with van der Waals surface area (Å²) in [5, 5.41) is 3.47. The van der Waals surface area contributed by atoms with Crippen LogP contribution in [0.15, 0.2) is 42.5 Å². The number of carbonyl (C=O) groups excluding carboxylic acids is 2. The van der Waals surface area contributed by atoms with Crippen LogP contribution in [0, 0.1) is 0 Å². The number of halogens is 2. The lowest BCUT2D eigenvalue weighted by Crippen LogP contribution is -2.14. The predicted octanol–water partition coefficient (Wildman–Crippen LogP) is 4.57. The molecule has 0 unspecified atom stereocenters. The minimum atomic E-state index is -0.283. The molecule has 2 rings (SSSR count). The highest BCUT2D eigenvalue weighted by Gasteiger charge is 2.17. The van der Waals surface area contributed by atoms with Crippen molar-refractivity contribution in [3.8, 4) is 0 Å². The standard InChI is InChI=1S/C16H13Cl2NO2/c1-2-15(20)19-14-8-7-10(17)9-12(14)16(21)11-5-3-4-6-13(11)18/h3-9H,2H2,1H3,(H,19,20). The number of carbonyl (C=O) groups is 2. The van der Waals surface area contributed by atoms with E-state index in [2.05, 4.69) is 5.32 Å². The Kier molecular flexibility index (Phi) is 4.99. The Hall–Kier alpha value is -1.84. The fourth-order valence-electron chi connectivity index (χ4n) is 1.84. The molecule has 0 atom stereocenters. The Labute approximate surface area is 132 Å². The van der Waals surface area contributed by atoms with Gasteiger partial charge in [0.2, 0.25) is 5.91 Å². The van der Waals surface area contributed by atoms with E-state index in [0.717, 1.165) is 0 Å². The van der Waals surface area contributed by atoms with E-state index in [9.17, 15) is 9.59 Å². The maximum atomic E-state index is 12.6. The van der Waals surface area contributed by atoms with Crippen molar-refractivity contribution in [2.75, 3.05) is 5.32 Å². The Morgan fingerprint density at radius 3 is 2.43 bits per heavy atom. The van der Waals surface area contributed by atoms with Crippen LogP contribution in [0.3, 0.4) is 0 Å². The van der Waals surface area contributed by atoms with Crippen LogP contribution >= 0.6 is 23.2 Å². The normalized spacial score (nSPS) is 10.2. The monoisotopic (exact) mass is 321 g/mol. The first-order valence-electron chi connectivity index (χ1n) is 6.41. The predicted molar refractivity (Wildman–Crippen MR) is 85.3 cm³/mol. The second-order valence-electron chi connectivity index (χ2n) is 4.40. The molecule has 1 amide bonds. The van der Waals surface area contributed by atoms with Crippen LogP contribution in [-0.4, -0.2) is 11.7 Å². The van der Waals surface area contributed by atoms with Gasteiger partial charge in [0.1, 0.15) is 0 Å². The molecule has 0 spiro atoms. The zero-order chi connectivity index (χ0) is 15.4. The third-order valence-corrected chi connectivity index (χ3v) is 3.50. The molecule has 21 heavy (non-hydrogen) atoms. The van der Waals surface area contributed by atoms with E-state index in [1.165, 1.54) is 6.07 Å². The van der Waals surface area contributed by atoms with Crippen LogP contribution in [0.25, 0.3) is 0 Å². The van der Waals surface area contributed by atoms with E-state index in [0.29, 0.717) is 33.3 Å². The Balaban J connectivity index is 2.47. The van der Waals surface area contributed by atoms with Gasteiger partial charge in [-0.25, -0.2) is 0 Å². The molecule has 0 aromatic heterocycles. The first-order chi connectivity index (χ1) is 10.0. The molecule has 108 valence electrons. The van der Waals surface area contributed by atoms with E-state index in [1.54, 1.807) is 43.3 Å². The SMILES string of the molecule is CCC(=O)Nc1ccc(Cl)cc1C(=O)c1ccccc1Cl. The second-order valence-corrected chi connectivity index (χ2v) is 5.24. The van der Waals surface area contributed by atoms with Gasteiger partial charge in [0, 0.05) is 22.6 Å². The fourth-order valence-corrected chi connectivity index (χ4v) is 2.24. The smallest absolute Gasteiger partial charge is 0.224 e. The summed E-state index contributed by atoms with van der Waals surface area (Å²) < 4.78 is 0. The van der Waals surface area contributed by atoms with Gasteiger partial charge in [0.15, 0.2) is 5.78 Å². The van der Waals surface area contributed by atoms with Gasteiger partial charge in [0.25, 0.3) is 0 Å². The summed E-state index contributed by atoms with van der Waals surface area (Å²) in [7, 11) is 0. The zero-order valence-corrected chi connectivity index (χ0v) is 12.8. The maximum absolute atomic E-state index is 12.6. The Morgan fingerprint density at radius 2 is 1.76 bits per heavy atom. The topological polar surface area (TPSA) is 46.2 Å². The summed E-state index contributed by atoms with van der Waals surface area (Å²) in [5.74, 6) is -0.458. The molecule has 5 heteroatoms.